The van der Waals surface area contributed by atoms with Crippen LogP contribution in [0.15, 0.2) is 24.5 Å². The first kappa shape index (κ1) is 14.5. The Labute approximate surface area is 119 Å². The molecule has 0 radical (unpaired) electrons. The van der Waals surface area contributed by atoms with Crippen molar-refractivity contribution in [2.24, 2.45) is 5.92 Å². The molecule has 1 aromatic rings. The molecule has 1 saturated heterocycles. The molecule has 1 aliphatic heterocycles. The topological polar surface area (TPSA) is 62.3 Å². The molecule has 0 aromatic carbocycles. The number of rotatable bonds is 4. The summed E-state index contributed by atoms with van der Waals surface area (Å²) in [7, 11) is 0. The predicted molar refractivity (Wildman–Crippen MR) is 75.6 cm³/mol. The second-order valence-corrected chi connectivity index (χ2v) is 5.48. The van der Waals surface area contributed by atoms with Gasteiger partial charge in [-0.3, -0.25) is 14.6 Å². The number of hydrogen-bond donors (Lipinski definition) is 1. The van der Waals surface area contributed by atoms with E-state index in [1.54, 1.807) is 17.3 Å². The van der Waals surface area contributed by atoms with Gasteiger partial charge in [0.05, 0.1) is 0 Å². The van der Waals surface area contributed by atoms with Gasteiger partial charge in [-0.1, -0.05) is 20.8 Å². The number of carbonyl (C=O) groups is 2. The monoisotopic (exact) mass is 275 g/mol. The van der Waals surface area contributed by atoms with Crippen molar-refractivity contribution in [1.82, 2.24) is 15.2 Å². The SMILES string of the molecule is CCC1C(=O)NC(C(C)C)C(=O)N1Cc1ccncc1. The molecule has 1 aliphatic rings. The first-order valence-electron chi connectivity index (χ1n) is 7.04. The zero-order chi connectivity index (χ0) is 14.7. The summed E-state index contributed by atoms with van der Waals surface area (Å²) in [5.74, 6) is 0.0346. The van der Waals surface area contributed by atoms with E-state index in [2.05, 4.69) is 10.3 Å². The average molecular weight is 275 g/mol. The highest BCUT2D eigenvalue weighted by atomic mass is 16.2. The van der Waals surface area contributed by atoms with Gasteiger partial charge in [0.1, 0.15) is 12.1 Å². The molecule has 2 unspecified atom stereocenters. The van der Waals surface area contributed by atoms with Crippen LogP contribution in [0.5, 0.6) is 0 Å². The molecule has 1 aromatic heterocycles. The molecule has 2 amide bonds. The largest absolute Gasteiger partial charge is 0.342 e. The normalized spacial score (nSPS) is 23.1. The molecule has 0 saturated carbocycles. The summed E-state index contributed by atoms with van der Waals surface area (Å²) in [6.07, 6.45) is 4.02. The number of nitrogens with one attached hydrogen (secondary N) is 1. The molecule has 5 heteroatoms. The van der Waals surface area contributed by atoms with Crippen LogP contribution in [0.1, 0.15) is 32.8 Å². The number of carbonyl (C=O) groups excluding carboxylic acids is 2. The van der Waals surface area contributed by atoms with Gasteiger partial charge in [0.2, 0.25) is 11.8 Å². The summed E-state index contributed by atoms with van der Waals surface area (Å²) in [6.45, 7) is 6.27. The average Bonchev–Trinajstić information content (AvgIpc) is 2.43. The van der Waals surface area contributed by atoms with Crippen LogP contribution < -0.4 is 5.32 Å². The standard InChI is InChI=1S/C15H21N3O2/c1-4-12-14(19)17-13(10(2)3)15(20)18(12)9-11-5-7-16-8-6-11/h5-8,10,12-13H,4,9H2,1-3H3,(H,17,19). The van der Waals surface area contributed by atoms with Crippen molar-refractivity contribution in [3.63, 3.8) is 0 Å². The fraction of sp³-hybridized carbons (Fsp3) is 0.533. The molecular formula is C15H21N3O2. The van der Waals surface area contributed by atoms with Gasteiger partial charge in [-0.05, 0) is 30.0 Å². The Morgan fingerprint density at radius 3 is 2.50 bits per heavy atom. The summed E-state index contributed by atoms with van der Waals surface area (Å²) < 4.78 is 0. The van der Waals surface area contributed by atoms with Crippen LogP contribution in [0.4, 0.5) is 0 Å². The number of pyridine rings is 1. The highest BCUT2D eigenvalue weighted by molar-refractivity contribution is 5.97. The molecule has 108 valence electrons. The Balaban J connectivity index is 2.25. The zero-order valence-corrected chi connectivity index (χ0v) is 12.2. The van der Waals surface area contributed by atoms with Crippen molar-refractivity contribution in [2.45, 2.75) is 45.8 Å². The lowest BCUT2D eigenvalue weighted by Crippen LogP contribution is -2.64. The maximum Gasteiger partial charge on any atom is 0.246 e. The van der Waals surface area contributed by atoms with E-state index in [0.717, 1.165) is 5.56 Å². The van der Waals surface area contributed by atoms with Crippen LogP contribution in [0.3, 0.4) is 0 Å². The second kappa shape index (κ2) is 6.03. The fourth-order valence-corrected chi connectivity index (χ4v) is 2.52. The van der Waals surface area contributed by atoms with E-state index in [-0.39, 0.29) is 23.8 Å². The third-order valence-electron chi connectivity index (χ3n) is 3.68. The lowest BCUT2D eigenvalue weighted by Gasteiger charge is -2.40. The Kier molecular flexibility index (Phi) is 4.37. The van der Waals surface area contributed by atoms with Gasteiger partial charge >= 0.3 is 0 Å². The summed E-state index contributed by atoms with van der Waals surface area (Å²) in [4.78, 5) is 30.4. The quantitative estimate of drug-likeness (QED) is 0.902. The number of amides is 2. The van der Waals surface area contributed by atoms with Gasteiger partial charge in [-0.2, -0.15) is 0 Å². The van der Waals surface area contributed by atoms with Crippen molar-refractivity contribution in [3.05, 3.63) is 30.1 Å². The lowest BCUT2D eigenvalue weighted by atomic mass is 9.96. The van der Waals surface area contributed by atoms with E-state index in [9.17, 15) is 9.59 Å². The molecule has 0 bridgehead atoms. The molecule has 2 heterocycles. The Morgan fingerprint density at radius 1 is 1.30 bits per heavy atom. The maximum absolute atomic E-state index is 12.6. The molecule has 20 heavy (non-hydrogen) atoms. The minimum Gasteiger partial charge on any atom is -0.342 e. The number of hydrogen-bond acceptors (Lipinski definition) is 3. The van der Waals surface area contributed by atoms with Crippen LogP contribution >= 0.6 is 0 Å². The molecular weight excluding hydrogens is 254 g/mol. The Morgan fingerprint density at radius 2 is 1.95 bits per heavy atom. The van der Waals surface area contributed by atoms with Crippen LogP contribution in [-0.4, -0.2) is 33.8 Å². The zero-order valence-electron chi connectivity index (χ0n) is 12.2. The van der Waals surface area contributed by atoms with Crippen LogP contribution in [-0.2, 0) is 16.1 Å². The molecule has 2 rings (SSSR count). The second-order valence-electron chi connectivity index (χ2n) is 5.48. The lowest BCUT2D eigenvalue weighted by molar-refractivity contribution is -0.151. The van der Waals surface area contributed by atoms with Gasteiger partial charge in [0.15, 0.2) is 0 Å². The predicted octanol–water partition coefficient (Wildman–Crippen LogP) is 1.34. The van der Waals surface area contributed by atoms with Gasteiger partial charge < -0.3 is 10.2 Å². The first-order valence-corrected chi connectivity index (χ1v) is 7.04. The van der Waals surface area contributed by atoms with Gasteiger partial charge in [-0.25, -0.2) is 0 Å². The van der Waals surface area contributed by atoms with Crippen LogP contribution in [0, 0.1) is 5.92 Å². The maximum atomic E-state index is 12.6. The van der Waals surface area contributed by atoms with E-state index in [1.165, 1.54) is 0 Å². The van der Waals surface area contributed by atoms with Crippen molar-refractivity contribution in [2.75, 3.05) is 0 Å². The molecule has 2 atom stereocenters. The minimum absolute atomic E-state index is 0.00302. The van der Waals surface area contributed by atoms with Crippen molar-refractivity contribution < 1.29 is 9.59 Å². The first-order chi connectivity index (χ1) is 9.54. The van der Waals surface area contributed by atoms with E-state index >= 15 is 0 Å². The summed E-state index contributed by atoms with van der Waals surface area (Å²) >= 11 is 0. The van der Waals surface area contributed by atoms with Gasteiger partial charge in [0, 0.05) is 18.9 Å². The van der Waals surface area contributed by atoms with Crippen molar-refractivity contribution in [1.29, 1.82) is 0 Å². The van der Waals surface area contributed by atoms with Crippen LogP contribution in [0.25, 0.3) is 0 Å². The van der Waals surface area contributed by atoms with E-state index < -0.39 is 6.04 Å². The van der Waals surface area contributed by atoms with Crippen molar-refractivity contribution in [3.8, 4) is 0 Å². The van der Waals surface area contributed by atoms with Crippen LogP contribution in [0.2, 0.25) is 0 Å². The smallest absolute Gasteiger partial charge is 0.246 e. The van der Waals surface area contributed by atoms with E-state index in [4.69, 9.17) is 0 Å². The van der Waals surface area contributed by atoms with Gasteiger partial charge in [0.25, 0.3) is 0 Å². The molecule has 5 nitrogen and oxygen atoms in total. The third kappa shape index (κ3) is 2.81. The minimum atomic E-state index is -0.424. The number of aromatic nitrogens is 1. The van der Waals surface area contributed by atoms with E-state index in [1.807, 2.05) is 32.9 Å². The highest BCUT2D eigenvalue weighted by Gasteiger charge is 2.40. The molecule has 1 N–H and O–H groups in total. The fourth-order valence-electron chi connectivity index (χ4n) is 2.52. The molecule has 1 fully saturated rings. The summed E-state index contributed by atoms with van der Waals surface area (Å²) in [5.41, 5.74) is 0.990. The Bertz CT molecular complexity index is 487. The Hall–Kier alpha value is -1.91. The summed E-state index contributed by atoms with van der Waals surface area (Å²) in [5, 5.41) is 2.84. The highest BCUT2D eigenvalue weighted by Crippen LogP contribution is 2.20. The van der Waals surface area contributed by atoms with Gasteiger partial charge in [-0.15, -0.1) is 0 Å². The number of piperazine rings is 1. The summed E-state index contributed by atoms with van der Waals surface area (Å²) in [6, 6.07) is 2.94. The molecule has 0 aliphatic carbocycles. The number of nitrogens with zero attached hydrogens (tertiary/aromatic N) is 2. The van der Waals surface area contributed by atoms with Crippen molar-refractivity contribution >= 4 is 11.8 Å². The van der Waals surface area contributed by atoms with E-state index in [0.29, 0.717) is 13.0 Å². The molecule has 0 spiro atoms. The third-order valence-corrected chi connectivity index (χ3v) is 3.68.